The van der Waals surface area contributed by atoms with Gasteiger partial charge in [0.2, 0.25) is 0 Å². The van der Waals surface area contributed by atoms with E-state index in [2.05, 4.69) is 32.1 Å². The van der Waals surface area contributed by atoms with Crippen LogP contribution in [-0.2, 0) is 21.1 Å². The summed E-state index contributed by atoms with van der Waals surface area (Å²) in [5, 5.41) is 0. The smallest absolute Gasteiger partial charge is 0.353 e. The third-order valence-corrected chi connectivity index (χ3v) is 3.45. The summed E-state index contributed by atoms with van der Waals surface area (Å²) in [6.07, 6.45) is 3.67. The third-order valence-electron chi connectivity index (χ3n) is 3.45. The van der Waals surface area contributed by atoms with Crippen LogP contribution in [0.1, 0.15) is 39.3 Å². The van der Waals surface area contributed by atoms with Gasteiger partial charge in [0.1, 0.15) is 11.6 Å². The van der Waals surface area contributed by atoms with Crippen LogP contribution in [0.4, 0.5) is 0 Å². The first-order chi connectivity index (χ1) is 13.7. The van der Waals surface area contributed by atoms with Gasteiger partial charge in [0, 0.05) is 17.6 Å². The minimum absolute atomic E-state index is 0. The summed E-state index contributed by atoms with van der Waals surface area (Å²) in [6.45, 7) is 11.9. The van der Waals surface area contributed by atoms with Crippen LogP contribution < -0.4 is 0 Å². The van der Waals surface area contributed by atoms with Crippen LogP contribution in [0, 0.1) is 26.0 Å². The number of rotatable bonds is 2. The van der Waals surface area contributed by atoms with E-state index in [1.807, 2.05) is 102 Å². The standard InChI is InChI=1S/2C10H9N2.2C2H6.W/c2*1-8-11-7-10(12-8)9-5-3-2-4-6-9;2*1-2;/h3-7H,1H3,(H,11,12);2-3,5-7H,1H3,(H,11,12);2*1-2H3;/q2*-1;;;+2. The van der Waals surface area contributed by atoms with Crippen molar-refractivity contribution in [1.29, 1.82) is 0 Å². The molecule has 2 aromatic heterocycles. The van der Waals surface area contributed by atoms with Crippen molar-refractivity contribution in [2.24, 2.45) is 0 Å². The molecule has 0 radical (unpaired) electrons. The van der Waals surface area contributed by atoms with Crippen LogP contribution in [0.25, 0.3) is 22.5 Å². The molecule has 0 bridgehead atoms. The SMILES string of the molecule is CC.CC.Cc1ncc(-c2c[c-]ccc2)[nH]1.Cc1ncc(-c2cc[c-]cc2)[nH]1.[W+2]. The minimum Gasteiger partial charge on any atom is -0.353 e. The van der Waals surface area contributed by atoms with Gasteiger partial charge in [-0.15, -0.1) is 11.1 Å². The fourth-order valence-electron chi connectivity index (χ4n) is 2.26. The molecule has 2 N–H and O–H groups in total. The zero-order valence-electron chi connectivity index (χ0n) is 18.1. The molecule has 5 heteroatoms. The van der Waals surface area contributed by atoms with Crippen LogP contribution in [0.5, 0.6) is 0 Å². The molecular formula is C24H30N4W. The number of H-pyrrole nitrogens is 2. The maximum absolute atomic E-state index is 4.13. The van der Waals surface area contributed by atoms with E-state index in [0.29, 0.717) is 0 Å². The average molecular weight is 558 g/mol. The van der Waals surface area contributed by atoms with Gasteiger partial charge in [0.25, 0.3) is 0 Å². The van der Waals surface area contributed by atoms with Gasteiger partial charge in [0.15, 0.2) is 0 Å². The molecule has 0 spiro atoms. The molecule has 0 unspecified atom stereocenters. The van der Waals surface area contributed by atoms with Crippen LogP contribution >= 0.6 is 0 Å². The predicted octanol–water partition coefficient (Wildman–Crippen LogP) is 6.42. The van der Waals surface area contributed by atoms with Gasteiger partial charge in [-0.1, -0.05) is 27.7 Å². The fourth-order valence-corrected chi connectivity index (χ4v) is 2.26. The second-order valence-corrected chi connectivity index (χ2v) is 5.35. The van der Waals surface area contributed by atoms with E-state index in [9.17, 15) is 0 Å². The fraction of sp³-hybridized carbons (Fsp3) is 0.250. The van der Waals surface area contributed by atoms with Crippen molar-refractivity contribution in [2.75, 3.05) is 0 Å². The Morgan fingerprint density at radius 3 is 1.62 bits per heavy atom. The Bertz CT molecular complexity index is 808. The van der Waals surface area contributed by atoms with E-state index in [1.165, 1.54) is 0 Å². The number of nitrogens with zero attached hydrogens (tertiary/aromatic N) is 2. The number of hydrogen-bond donors (Lipinski definition) is 2. The van der Waals surface area contributed by atoms with Gasteiger partial charge in [-0.2, -0.15) is 60.7 Å². The summed E-state index contributed by atoms with van der Waals surface area (Å²) in [5.74, 6) is 1.88. The molecule has 152 valence electrons. The van der Waals surface area contributed by atoms with Crippen molar-refractivity contribution in [3.05, 3.63) is 84.7 Å². The van der Waals surface area contributed by atoms with E-state index >= 15 is 0 Å². The molecule has 0 fully saturated rings. The topological polar surface area (TPSA) is 57.4 Å². The largest absolute Gasteiger partial charge is 2.00 e. The van der Waals surface area contributed by atoms with Crippen molar-refractivity contribution >= 4 is 0 Å². The summed E-state index contributed by atoms with van der Waals surface area (Å²) in [5.41, 5.74) is 4.37. The molecule has 0 atom stereocenters. The van der Waals surface area contributed by atoms with Crippen molar-refractivity contribution in [1.82, 2.24) is 19.9 Å². The number of benzene rings is 2. The Hall–Kier alpha value is -2.45. The van der Waals surface area contributed by atoms with E-state index in [1.54, 1.807) is 0 Å². The van der Waals surface area contributed by atoms with E-state index in [0.717, 1.165) is 34.2 Å². The zero-order chi connectivity index (χ0) is 20.8. The van der Waals surface area contributed by atoms with Crippen molar-refractivity contribution in [3.63, 3.8) is 0 Å². The summed E-state index contributed by atoms with van der Waals surface area (Å²) in [6, 6.07) is 21.6. The van der Waals surface area contributed by atoms with Gasteiger partial charge in [-0.25, -0.2) is 9.97 Å². The average Bonchev–Trinajstić information content (AvgIpc) is 3.41. The summed E-state index contributed by atoms with van der Waals surface area (Å²) in [7, 11) is 0. The van der Waals surface area contributed by atoms with Gasteiger partial charge in [-0.05, 0) is 13.8 Å². The second-order valence-electron chi connectivity index (χ2n) is 5.35. The Labute approximate surface area is 189 Å². The molecule has 0 saturated carbocycles. The normalized spacial score (nSPS) is 8.76. The number of hydrogen-bond acceptors (Lipinski definition) is 2. The first kappa shape index (κ1) is 26.5. The van der Waals surface area contributed by atoms with E-state index in [4.69, 9.17) is 0 Å². The number of aromatic nitrogens is 4. The van der Waals surface area contributed by atoms with E-state index in [-0.39, 0.29) is 21.1 Å². The molecule has 2 aromatic carbocycles. The molecular weight excluding hydrogens is 528 g/mol. The van der Waals surface area contributed by atoms with Crippen LogP contribution in [-0.4, -0.2) is 19.9 Å². The second kappa shape index (κ2) is 15.5. The van der Waals surface area contributed by atoms with Crippen molar-refractivity contribution in [3.8, 4) is 22.5 Å². The third kappa shape index (κ3) is 9.06. The first-order valence-electron chi connectivity index (χ1n) is 9.68. The first-order valence-corrected chi connectivity index (χ1v) is 9.68. The van der Waals surface area contributed by atoms with Crippen LogP contribution in [0.15, 0.2) is 60.9 Å². The number of nitrogens with one attached hydrogen (secondary N) is 2. The molecule has 29 heavy (non-hydrogen) atoms. The Balaban J connectivity index is 0.000000449. The molecule has 0 aliphatic heterocycles. The zero-order valence-corrected chi connectivity index (χ0v) is 21.0. The molecule has 4 nitrogen and oxygen atoms in total. The molecule has 4 rings (SSSR count). The monoisotopic (exact) mass is 558 g/mol. The quantitative estimate of drug-likeness (QED) is 0.279. The predicted molar refractivity (Wildman–Crippen MR) is 118 cm³/mol. The van der Waals surface area contributed by atoms with Crippen LogP contribution in [0.3, 0.4) is 0 Å². The van der Waals surface area contributed by atoms with Gasteiger partial charge in [0.05, 0.1) is 6.20 Å². The Kier molecular flexibility index (Phi) is 14.2. The van der Waals surface area contributed by atoms with Crippen LogP contribution in [0.2, 0.25) is 0 Å². The number of aryl methyl sites for hydroxylation is 2. The molecule has 0 saturated heterocycles. The number of imidazole rings is 2. The summed E-state index contributed by atoms with van der Waals surface area (Å²) < 4.78 is 0. The molecule has 4 aromatic rings. The molecule has 0 aliphatic carbocycles. The van der Waals surface area contributed by atoms with Crippen molar-refractivity contribution in [2.45, 2.75) is 41.5 Å². The Morgan fingerprint density at radius 2 is 1.21 bits per heavy atom. The maximum atomic E-state index is 4.13. The van der Waals surface area contributed by atoms with E-state index < -0.39 is 0 Å². The summed E-state index contributed by atoms with van der Waals surface area (Å²) >= 11 is 0. The number of aromatic amines is 2. The molecule has 2 heterocycles. The van der Waals surface area contributed by atoms with Gasteiger partial charge < -0.3 is 9.97 Å². The Morgan fingerprint density at radius 1 is 0.690 bits per heavy atom. The van der Waals surface area contributed by atoms with Gasteiger partial charge in [-0.3, -0.25) is 0 Å². The maximum Gasteiger partial charge on any atom is 2.00 e. The van der Waals surface area contributed by atoms with Crippen molar-refractivity contribution < 1.29 is 21.1 Å². The van der Waals surface area contributed by atoms with Gasteiger partial charge >= 0.3 is 21.1 Å². The molecule has 0 aliphatic rings. The summed E-state index contributed by atoms with van der Waals surface area (Å²) in [4.78, 5) is 14.6. The minimum atomic E-state index is 0. The molecule has 0 amide bonds.